The Balaban J connectivity index is 1.60. The first kappa shape index (κ1) is 17.5. The highest BCUT2D eigenvalue weighted by Crippen LogP contribution is 2.35. The van der Waals surface area contributed by atoms with Crippen molar-refractivity contribution >= 4 is 0 Å². The van der Waals surface area contributed by atoms with Gasteiger partial charge in [0.1, 0.15) is 0 Å². The fraction of sp³-hybridized carbons (Fsp3) is 0.700. The highest BCUT2D eigenvalue weighted by atomic mass is 16.5. The SMILES string of the molecule is CC(C)[C@@H]1CC[C@@H](C)C[C@H]1OCCCNCc1ccccc1. The maximum absolute atomic E-state index is 6.24. The molecule has 0 amide bonds. The van der Waals surface area contributed by atoms with Crippen LogP contribution in [0.5, 0.6) is 0 Å². The number of ether oxygens (including phenoxy) is 1. The molecule has 124 valence electrons. The lowest BCUT2D eigenvalue weighted by atomic mass is 9.75. The highest BCUT2D eigenvalue weighted by molar-refractivity contribution is 5.14. The van der Waals surface area contributed by atoms with E-state index in [0.717, 1.165) is 43.9 Å². The highest BCUT2D eigenvalue weighted by Gasteiger charge is 2.31. The molecule has 1 aliphatic carbocycles. The second-order valence-corrected chi connectivity index (χ2v) is 7.25. The van der Waals surface area contributed by atoms with Crippen molar-refractivity contribution in [1.29, 1.82) is 0 Å². The van der Waals surface area contributed by atoms with Crippen LogP contribution in [0.15, 0.2) is 30.3 Å². The molecule has 1 aromatic carbocycles. The molecule has 0 aliphatic heterocycles. The first-order chi connectivity index (χ1) is 10.7. The topological polar surface area (TPSA) is 21.3 Å². The first-order valence-electron chi connectivity index (χ1n) is 9.03. The second kappa shape index (κ2) is 9.32. The van der Waals surface area contributed by atoms with Gasteiger partial charge in [-0.2, -0.15) is 0 Å². The molecular formula is C20H33NO. The summed E-state index contributed by atoms with van der Waals surface area (Å²) in [6.07, 6.45) is 5.55. The zero-order chi connectivity index (χ0) is 15.8. The third-order valence-corrected chi connectivity index (χ3v) is 4.96. The molecule has 0 radical (unpaired) electrons. The molecule has 1 fully saturated rings. The predicted molar refractivity (Wildman–Crippen MR) is 93.8 cm³/mol. The van der Waals surface area contributed by atoms with E-state index in [9.17, 15) is 0 Å². The average molecular weight is 303 g/mol. The van der Waals surface area contributed by atoms with E-state index in [1.807, 2.05) is 0 Å². The van der Waals surface area contributed by atoms with Crippen molar-refractivity contribution in [2.24, 2.45) is 17.8 Å². The van der Waals surface area contributed by atoms with Crippen LogP contribution in [0.25, 0.3) is 0 Å². The molecule has 0 saturated heterocycles. The third kappa shape index (κ3) is 5.73. The lowest BCUT2D eigenvalue weighted by Crippen LogP contribution is -2.34. The van der Waals surface area contributed by atoms with Crippen molar-refractivity contribution in [2.75, 3.05) is 13.2 Å². The van der Waals surface area contributed by atoms with Gasteiger partial charge in [-0.3, -0.25) is 0 Å². The molecule has 1 saturated carbocycles. The summed E-state index contributed by atoms with van der Waals surface area (Å²) in [7, 11) is 0. The summed E-state index contributed by atoms with van der Waals surface area (Å²) in [5.74, 6) is 2.33. The summed E-state index contributed by atoms with van der Waals surface area (Å²) >= 11 is 0. The molecule has 1 aromatic rings. The third-order valence-electron chi connectivity index (χ3n) is 4.96. The molecule has 0 aromatic heterocycles. The molecule has 0 heterocycles. The smallest absolute Gasteiger partial charge is 0.0608 e. The van der Waals surface area contributed by atoms with Gasteiger partial charge in [-0.05, 0) is 49.1 Å². The van der Waals surface area contributed by atoms with E-state index in [2.05, 4.69) is 56.4 Å². The average Bonchev–Trinajstić information content (AvgIpc) is 2.51. The van der Waals surface area contributed by atoms with Gasteiger partial charge >= 0.3 is 0 Å². The van der Waals surface area contributed by atoms with E-state index >= 15 is 0 Å². The molecule has 22 heavy (non-hydrogen) atoms. The fourth-order valence-corrected chi connectivity index (χ4v) is 3.57. The minimum absolute atomic E-state index is 0.484. The summed E-state index contributed by atoms with van der Waals surface area (Å²) in [5, 5.41) is 3.50. The summed E-state index contributed by atoms with van der Waals surface area (Å²) in [4.78, 5) is 0. The molecule has 0 bridgehead atoms. The summed E-state index contributed by atoms with van der Waals surface area (Å²) in [6, 6.07) is 10.6. The van der Waals surface area contributed by atoms with E-state index in [0.29, 0.717) is 6.10 Å². The van der Waals surface area contributed by atoms with Crippen molar-refractivity contribution in [3.05, 3.63) is 35.9 Å². The van der Waals surface area contributed by atoms with E-state index in [4.69, 9.17) is 4.74 Å². The molecule has 3 atom stereocenters. The number of benzene rings is 1. The van der Waals surface area contributed by atoms with Gasteiger partial charge in [0.25, 0.3) is 0 Å². The van der Waals surface area contributed by atoms with Gasteiger partial charge in [0, 0.05) is 13.2 Å². The Morgan fingerprint density at radius 2 is 1.95 bits per heavy atom. The number of hydrogen-bond acceptors (Lipinski definition) is 2. The lowest BCUT2D eigenvalue weighted by molar-refractivity contribution is -0.0388. The van der Waals surface area contributed by atoms with Crippen LogP contribution >= 0.6 is 0 Å². The Hall–Kier alpha value is -0.860. The van der Waals surface area contributed by atoms with Gasteiger partial charge in [0.15, 0.2) is 0 Å². The van der Waals surface area contributed by atoms with Gasteiger partial charge in [0.2, 0.25) is 0 Å². The number of nitrogens with one attached hydrogen (secondary N) is 1. The second-order valence-electron chi connectivity index (χ2n) is 7.25. The van der Waals surface area contributed by atoms with E-state index < -0.39 is 0 Å². The Bertz CT molecular complexity index is 403. The molecule has 1 aliphatic rings. The molecule has 0 spiro atoms. The van der Waals surface area contributed by atoms with Crippen molar-refractivity contribution < 1.29 is 4.74 Å². The maximum Gasteiger partial charge on any atom is 0.0608 e. The summed E-state index contributed by atoms with van der Waals surface area (Å²) in [6.45, 7) is 9.94. The normalized spacial score (nSPS) is 25.5. The van der Waals surface area contributed by atoms with Gasteiger partial charge in [-0.25, -0.2) is 0 Å². The first-order valence-corrected chi connectivity index (χ1v) is 9.03. The van der Waals surface area contributed by atoms with E-state index in [1.54, 1.807) is 0 Å². The van der Waals surface area contributed by atoms with Crippen molar-refractivity contribution in [2.45, 2.75) is 59.1 Å². The van der Waals surface area contributed by atoms with Crippen molar-refractivity contribution in [3.63, 3.8) is 0 Å². The van der Waals surface area contributed by atoms with Crippen LogP contribution in [-0.2, 0) is 11.3 Å². The Kier molecular flexibility index (Phi) is 7.41. The quantitative estimate of drug-likeness (QED) is 0.706. The summed E-state index contributed by atoms with van der Waals surface area (Å²) in [5.41, 5.74) is 1.35. The largest absolute Gasteiger partial charge is 0.378 e. The van der Waals surface area contributed by atoms with Gasteiger partial charge in [0.05, 0.1) is 6.10 Å². The Morgan fingerprint density at radius 1 is 1.18 bits per heavy atom. The molecule has 2 rings (SSSR count). The van der Waals surface area contributed by atoms with Crippen LogP contribution in [0.2, 0.25) is 0 Å². The van der Waals surface area contributed by atoms with Gasteiger partial charge in [-0.1, -0.05) is 57.5 Å². The molecule has 1 N–H and O–H groups in total. The molecule has 0 unspecified atom stereocenters. The molecule has 2 nitrogen and oxygen atoms in total. The van der Waals surface area contributed by atoms with Crippen LogP contribution in [0, 0.1) is 17.8 Å². The standard InChI is InChI=1S/C20H33NO/c1-16(2)19-11-10-17(3)14-20(19)22-13-7-12-21-15-18-8-5-4-6-9-18/h4-6,8-9,16-17,19-21H,7,10-15H2,1-3H3/t17-,19+,20-/m1/s1. The van der Waals surface area contributed by atoms with Crippen molar-refractivity contribution in [1.82, 2.24) is 5.32 Å². The Labute approximate surface area is 136 Å². The Morgan fingerprint density at radius 3 is 2.68 bits per heavy atom. The molecular weight excluding hydrogens is 270 g/mol. The monoisotopic (exact) mass is 303 g/mol. The van der Waals surface area contributed by atoms with E-state index in [1.165, 1.54) is 24.8 Å². The van der Waals surface area contributed by atoms with Gasteiger partial charge < -0.3 is 10.1 Å². The van der Waals surface area contributed by atoms with Gasteiger partial charge in [-0.15, -0.1) is 0 Å². The lowest BCUT2D eigenvalue weighted by Gasteiger charge is -2.37. The molecule has 2 heteroatoms. The van der Waals surface area contributed by atoms with Crippen LogP contribution in [-0.4, -0.2) is 19.3 Å². The van der Waals surface area contributed by atoms with Crippen molar-refractivity contribution in [3.8, 4) is 0 Å². The zero-order valence-electron chi connectivity index (χ0n) is 14.6. The zero-order valence-corrected chi connectivity index (χ0v) is 14.6. The predicted octanol–water partition coefficient (Wildman–Crippen LogP) is 4.64. The van der Waals surface area contributed by atoms with Crippen LogP contribution in [0.1, 0.15) is 52.0 Å². The minimum Gasteiger partial charge on any atom is -0.378 e. The number of rotatable bonds is 8. The fourth-order valence-electron chi connectivity index (χ4n) is 3.57. The van der Waals surface area contributed by atoms with Crippen LogP contribution in [0.4, 0.5) is 0 Å². The van der Waals surface area contributed by atoms with E-state index in [-0.39, 0.29) is 0 Å². The number of hydrogen-bond donors (Lipinski definition) is 1. The van der Waals surface area contributed by atoms with Crippen LogP contribution < -0.4 is 5.32 Å². The maximum atomic E-state index is 6.24. The minimum atomic E-state index is 0.484. The van der Waals surface area contributed by atoms with Crippen LogP contribution in [0.3, 0.4) is 0 Å². The summed E-state index contributed by atoms with van der Waals surface area (Å²) < 4.78 is 6.24.